The van der Waals surface area contributed by atoms with E-state index < -0.39 is 0 Å². The van der Waals surface area contributed by atoms with Gasteiger partial charge in [0.25, 0.3) is 5.91 Å². The predicted octanol–water partition coefficient (Wildman–Crippen LogP) is 2.08. The summed E-state index contributed by atoms with van der Waals surface area (Å²) >= 11 is 0. The lowest BCUT2D eigenvalue weighted by Crippen LogP contribution is -2.35. The minimum absolute atomic E-state index is 0.0434. The van der Waals surface area contributed by atoms with Crippen LogP contribution in [0, 0.1) is 0 Å². The summed E-state index contributed by atoms with van der Waals surface area (Å²) in [4.78, 5) is 11.5. The summed E-state index contributed by atoms with van der Waals surface area (Å²) in [5, 5.41) is 12.3. The van der Waals surface area contributed by atoms with Gasteiger partial charge in [-0.05, 0) is 25.5 Å². The van der Waals surface area contributed by atoms with Crippen molar-refractivity contribution in [3.05, 3.63) is 24.3 Å². The zero-order valence-electron chi connectivity index (χ0n) is 10.3. The molecular weight excluding hydrogens is 218 g/mol. The standard InChI is InChI=1S/C13H19NO3/c1-3-6-10(2)14-13(16)9-17-12-8-5-4-7-11(12)15/h4-5,7-8,10,15H,3,6,9H2,1-2H3,(H,14,16). The number of benzene rings is 1. The largest absolute Gasteiger partial charge is 0.504 e. The summed E-state index contributed by atoms with van der Waals surface area (Å²) in [5.74, 6) is 0.196. The summed E-state index contributed by atoms with van der Waals surface area (Å²) in [7, 11) is 0. The molecular formula is C13H19NO3. The van der Waals surface area contributed by atoms with Gasteiger partial charge in [-0.1, -0.05) is 25.5 Å². The predicted molar refractivity (Wildman–Crippen MR) is 66.1 cm³/mol. The van der Waals surface area contributed by atoms with Crippen molar-refractivity contribution in [1.82, 2.24) is 5.32 Å². The molecule has 2 N–H and O–H groups in total. The highest BCUT2D eigenvalue weighted by atomic mass is 16.5. The Kier molecular flexibility index (Phi) is 5.33. The molecule has 0 spiro atoms. The van der Waals surface area contributed by atoms with Gasteiger partial charge >= 0.3 is 0 Å². The lowest BCUT2D eigenvalue weighted by atomic mass is 10.2. The number of aromatic hydroxyl groups is 1. The second-order valence-electron chi connectivity index (χ2n) is 4.01. The molecule has 4 heteroatoms. The molecule has 17 heavy (non-hydrogen) atoms. The molecule has 1 rings (SSSR count). The van der Waals surface area contributed by atoms with Crippen LogP contribution in [0.2, 0.25) is 0 Å². The van der Waals surface area contributed by atoms with Gasteiger partial charge in [0.05, 0.1) is 0 Å². The molecule has 0 fully saturated rings. The van der Waals surface area contributed by atoms with E-state index in [4.69, 9.17) is 4.74 Å². The van der Waals surface area contributed by atoms with Gasteiger partial charge in [0.1, 0.15) is 0 Å². The van der Waals surface area contributed by atoms with Gasteiger partial charge in [-0.25, -0.2) is 0 Å². The highest BCUT2D eigenvalue weighted by Crippen LogP contribution is 2.23. The van der Waals surface area contributed by atoms with E-state index in [0.29, 0.717) is 5.75 Å². The van der Waals surface area contributed by atoms with Crippen LogP contribution in [0.1, 0.15) is 26.7 Å². The highest BCUT2D eigenvalue weighted by molar-refractivity contribution is 5.77. The molecule has 0 saturated heterocycles. The van der Waals surface area contributed by atoms with Crippen molar-refractivity contribution in [3.63, 3.8) is 0 Å². The van der Waals surface area contributed by atoms with Crippen molar-refractivity contribution in [2.45, 2.75) is 32.7 Å². The molecule has 0 heterocycles. The minimum Gasteiger partial charge on any atom is -0.504 e. The van der Waals surface area contributed by atoms with Crippen molar-refractivity contribution >= 4 is 5.91 Å². The van der Waals surface area contributed by atoms with Gasteiger partial charge in [0.15, 0.2) is 18.1 Å². The van der Waals surface area contributed by atoms with E-state index in [1.807, 2.05) is 6.92 Å². The van der Waals surface area contributed by atoms with Crippen molar-refractivity contribution in [3.8, 4) is 11.5 Å². The van der Waals surface area contributed by atoms with Gasteiger partial charge in [0, 0.05) is 6.04 Å². The molecule has 1 atom stereocenters. The van der Waals surface area contributed by atoms with Crippen molar-refractivity contribution in [1.29, 1.82) is 0 Å². The SMILES string of the molecule is CCCC(C)NC(=O)COc1ccccc1O. The Bertz CT molecular complexity index is 365. The third-order valence-electron chi connectivity index (χ3n) is 2.35. The highest BCUT2D eigenvalue weighted by Gasteiger charge is 2.08. The maximum atomic E-state index is 11.5. The van der Waals surface area contributed by atoms with Crippen molar-refractivity contribution < 1.29 is 14.6 Å². The smallest absolute Gasteiger partial charge is 0.258 e. The Morgan fingerprint density at radius 1 is 1.47 bits per heavy atom. The monoisotopic (exact) mass is 237 g/mol. The van der Waals surface area contributed by atoms with Crippen LogP contribution in [0.3, 0.4) is 0 Å². The molecule has 0 aliphatic rings. The van der Waals surface area contributed by atoms with Crippen LogP contribution in [0.5, 0.6) is 11.5 Å². The molecule has 1 unspecified atom stereocenters. The number of phenolic OH excluding ortho intramolecular Hbond substituents is 1. The summed E-state index contributed by atoms with van der Waals surface area (Å²) < 4.78 is 5.22. The second-order valence-corrected chi connectivity index (χ2v) is 4.01. The number of hydrogen-bond acceptors (Lipinski definition) is 3. The van der Waals surface area contributed by atoms with Gasteiger partial charge < -0.3 is 15.2 Å². The number of phenols is 1. The van der Waals surface area contributed by atoms with E-state index in [1.165, 1.54) is 6.07 Å². The lowest BCUT2D eigenvalue weighted by molar-refractivity contribution is -0.123. The average molecular weight is 237 g/mol. The molecule has 94 valence electrons. The van der Waals surface area contributed by atoms with Gasteiger partial charge in [0.2, 0.25) is 0 Å². The Balaban J connectivity index is 2.36. The summed E-state index contributed by atoms with van der Waals surface area (Å²) in [6, 6.07) is 6.74. The Morgan fingerprint density at radius 2 is 2.18 bits per heavy atom. The molecule has 1 aromatic rings. The molecule has 0 aliphatic carbocycles. The number of rotatable bonds is 6. The lowest BCUT2D eigenvalue weighted by Gasteiger charge is -2.13. The van der Waals surface area contributed by atoms with Crippen LogP contribution in [0.25, 0.3) is 0 Å². The van der Waals surface area contributed by atoms with Crippen LogP contribution in [-0.4, -0.2) is 23.7 Å². The summed E-state index contributed by atoms with van der Waals surface area (Å²) in [6.45, 7) is 3.95. The fraction of sp³-hybridized carbons (Fsp3) is 0.462. The molecule has 0 bridgehead atoms. The normalized spacial score (nSPS) is 11.9. The fourth-order valence-electron chi connectivity index (χ4n) is 1.54. The fourth-order valence-corrected chi connectivity index (χ4v) is 1.54. The average Bonchev–Trinajstić information content (AvgIpc) is 2.28. The summed E-state index contributed by atoms with van der Waals surface area (Å²) in [5.41, 5.74) is 0. The molecule has 0 aromatic heterocycles. The maximum Gasteiger partial charge on any atom is 0.258 e. The molecule has 4 nitrogen and oxygen atoms in total. The van der Waals surface area contributed by atoms with Gasteiger partial charge in [-0.15, -0.1) is 0 Å². The van der Waals surface area contributed by atoms with E-state index in [-0.39, 0.29) is 24.3 Å². The van der Waals surface area contributed by atoms with Crippen LogP contribution in [-0.2, 0) is 4.79 Å². The molecule has 1 aromatic carbocycles. The van der Waals surface area contributed by atoms with Crippen molar-refractivity contribution in [2.75, 3.05) is 6.61 Å². The Hall–Kier alpha value is -1.71. The zero-order chi connectivity index (χ0) is 12.7. The van der Waals surface area contributed by atoms with Gasteiger partial charge in [-0.2, -0.15) is 0 Å². The molecule has 0 saturated carbocycles. The van der Waals surface area contributed by atoms with Gasteiger partial charge in [-0.3, -0.25) is 4.79 Å². The molecule has 1 amide bonds. The third-order valence-corrected chi connectivity index (χ3v) is 2.35. The first-order valence-electron chi connectivity index (χ1n) is 5.83. The third kappa shape index (κ3) is 4.76. The van der Waals surface area contributed by atoms with Crippen LogP contribution in [0.4, 0.5) is 0 Å². The van der Waals surface area contributed by atoms with Crippen molar-refractivity contribution in [2.24, 2.45) is 0 Å². The number of carbonyl (C=O) groups is 1. The molecule has 0 aliphatic heterocycles. The summed E-state index contributed by atoms with van der Waals surface area (Å²) in [6.07, 6.45) is 1.98. The number of hydrogen-bond donors (Lipinski definition) is 2. The number of nitrogens with one attached hydrogen (secondary N) is 1. The van der Waals surface area contributed by atoms with E-state index in [9.17, 15) is 9.90 Å². The quantitative estimate of drug-likeness (QED) is 0.796. The van der Waals surface area contributed by atoms with Crippen LogP contribution < -0.4 is 10.1 Å². The van der Waals surface area contributed by atoms with E-state index in [2.05, 4.69) is 12.2 Å². The number of para-hydroxylation sites is 2. The maximum absolute atomic E-state index is 11.5. The number of ether oxygens (including phenoxy) is 1. The Morgan fingerprint density at radius 3 is 2.82 bits per heavy atom. The zero-order valence-corrected chi connectivity index (χ0v) is 10.3. The topological polar surface area (TPSA) is 58.6 Å². The van der Waals surface area contributed by atoms with Crippen LogP contribution >= 0.6 is 0 Å². The number of amides is 1. The first-order chi connectivity index (χ1) is 8.13. The van der Waals surface area contributed by atoms with E-state index in [0.717, 1.165) is 12.8 Å². The second kappa shape index (κ2) is 6.78. The first-order valence-corrected chi connectivity index (χ1v) is 5.83. The van der Waals surface area contributed by atoms with E-state index >= 15 is 0 Å². The number of carbonyl (C=O) groups excluding carboxylic acids is 1. The van der Waals surface area contributed by atoms with E-state index in [1.54, 1.807) is 18.2 Å². The minimum atomic E-state index is -0.172. The molecule has 0 radical (unpaired) electrons. The Labute approximate surface area is 102 Å². The van der Waals surface area contributed by atoms with Crippen LogP contribution in [0.15, 0.2) is 24.3 Å². The first kappa shape index (κ1) is 13.4.